The van der Waals surface area contributed by atoms with Crippen molar-refractivity contribution in [1.29, 1.82) is 0 Å². The van der Waals surface area contributed by atoms with E-state index in [-0.39, 0.29) is 0 Å². The van der Waals surface area contributed by atoms with Gasteiger partial charge in [0.15, 0.2) is 0 Å². The van der Waals surface area contributed by atoms with E-state index in [1.807, 2.05) is 6.92 Å². The summed E-state index contributed by atoms with van der Waals surface area (Å²) in [5, 5.41) is 4.11. The molecule has 0 N–H and O–H groups in total. The number of hydrogen-bond donors (Lipinski definition) is 0. The molecular formula is C17H22N2O. The van der Waals surface area contributed by atoms with Crippen LogP contribution in [0.25, 0.3) is 0 Å². The fourth-order valence-electron chi connectivity index (χ4n) is 3.35. The summed E-state index contributed by atoms with van der Waals surface area (Å²) in [6.45, 7) is 8.39. The van der Waals surface area contributed by atoms with Gasteiger partial charge in [-0.05, 0) is 45.7 Å². The van der Waals surface area contributed by atoms with Crippen LogP contribution in [-0.4, -0.2) is 16.6 Å². The van der Waals surface area contributed by atoms with Gasteiger partial charge in [0.2, 0.25) is 0 Å². The van der Waals surface area contributed by atoms with E-state index < -0.39 is 0 Å². The van der Waals surface area contributed by atoms with Gasteiger partial charge in [-0.1, -0.05) is 35.0 Å². The fraction of sp³-hybridized carbons (Fsp3) is 0.471. The molecule has 0 spiro atoms. The summed E-state index contributed by atoms with van der Waals surface area (Å²) in [5.74, 6) is 0.976. The molecule has 1 aliphatic rings. The van der Waals surface area contributed by atoms with Gasteiger partial charge < -0.3 is 4.52 Å². The van der Waals surface area contributed by atoms with Crippen LogP contribution in [0.4, 0.5) is 0 Å². The Morgan fingerprint density at radius 2 is 2.15 bits per heavy atom. The molecule has 0 radical (unpaired) electrons. The Balaban J connectivity index is 1.83. The summed E-state index contributed by atoms with van der Waals surface area (Å²) in [7, 11) is 0. The standard InChI is InChI=1S/C17H22N2O/c1-12-6-4-7-15(10-12)11-19-9-5-8-16(19)17-13(2)18-20-14(17)3/h4,6-7,10,16H,5,8-9,11H2,1-3H3. The normalized spacial score (nSPS) is 19.6. The molecular weight excluding hydrogens is 248 g/mol. The highest BCUT2D eigenvalue weighted by atomic mass is 16.5. The zero-order chi connectivity index (χ0) is 14.1. The number of hydrogen-bond acceptors (Lipinski definition) is 3. The van der Waals surface area contributed by atoms with E-state index in [0.717, 1.165) is 24.5 Å². The molecule has 0 aliphatic carbocycles. The average molecular weight is 270 g/mol. The lowest BCUT2D eigenvalue weighted by atomic mass is 10.0. The second kappa shape index (κ2) is 5.41. The molecule has 1 fully saturated rings. The molecule has 3 rings (SSSR count). The van der Waals surface area contributed by atoms with Crippen LogP contribution < -0.4 is 0 Å². The Hall–Kier alpha value is -1.61. The third kappa shape index (κ3) is 2.50. The monoisotopic (exact) mass is 270 g/mol. The summed E-state index contributed by atoms with van der Waals surface area (Å²) in [4.78, 5) is 2.56. The van der Waals surface area contributed by atoms with Gasteiger partial charge >= 0.3 is 0 Å². The molecule has 1 aliphatic heterocycles. The Labute approximate surface area is 120 Å². The molecule has 1 aromatic heterocycles. The van der Waals surface area contributed by atoms with Crippen LogP contribution in [0.5, 0.6) is 0 Å². The minimum Gasteiger partial charge on any atom is -0.361 e. The molecule has 3 nitrogen and oxygen atoms in total. The largest absolute Gasteiger partial charge is 0.361 e. The molecule has 2 aromatic rings. The average Bonchev–Trinajstić information content (AvgIpc) is 2.97. The minimum atomic E-state index is 0.460. The van der Waals surface area contributed by atoms with Crippen molar-refractivity contribution in [3.8, 4) is 0 Å². The summed E-state index contributed by atoms with van der Waals surface area (Å²) >= 11 is 0. The Bertz CT molecular complexity index is 583. The van der Waals surface area contributed by atoms with Crippen LogP contribution >= 0.6 is 0 Å². The highest BCUT2D eigenvalue weighted by molar-refractivity contribution is 5.27. The first kappa shape index (κ1) is 13.4. The number of benzene rings is 1. The SMILES string of the molecule is Cc1cccc(CN2CCCC2c2c(C)noc2C)c1. The molecule has 1 saturated heterocycles. The summed E-state index contributed by atoms with van der Waals surface area (Å²) < 4.78 is 5.35. The molecule has 106 valence electrons. The predicted octanol–water partition coefficient (Wildman–Crippen LogP) is 3.94. The lowest BCUT2D eigenvalue weighted by molar-refractivity contribution is 0.245. The van der Waals surface area contributed by atoms with Crippen LogP contribution in [0.2, 0.25) is 0 Å². The number of likely N-dealkylation sites (tertiary alicyclic amines) is 1. The zero-order valence-electron chi connectivity index (χ0n) is 12.5. The van der Waals surface area contributed by atoms with Crippen molar-refractivity contribution in [3.63, 3.8) is 0 Å². The Kier molecular flexibility index (Phi) is 3.62. The van der Waals surface area contributed by atoms with E-state index in [1.165, 1.54) is 29.5 Å². The van der Waals surface area contributed by atoms with Crippen molar-refractivity contribution in [1.82, 2.24) is 10.1 Å². The molecule has 3 heteroatoms. The molecule has 0 amide bonds. The van der Waals surface area contributed by atoms with Crippen molar-refractivity contribution < 1.29 is 4.52 Å². The summed E-state index contributed by atoms with van der Waals surface area (Å²) in [6.07, 6.45) is 2.45. The number of rotatable bonds is 3. The van der Waals surface area contributed by atoms with E-state index in [2.05, 4.69) is 48.2 Å². The fourth-order valence-corrected chi connectivity index (χ4v) is 3.35. The predicted molar refractivity (Wildman–Crippen MR) is 79.5 cm³/mol. The smallest absolute Gasteiger partial charge is 0.138 e. The quantitative estimate of drug-likeness (QED) is 0.846. The van der Waals surface area contributed by atoms with Crippen molar-refractivity contribution in [2.45, 2.75) is 46.2 Å². The minimum absolute atomic E-state index is 0.460. The number of aromatic nitrogens is 1. The molecule has 0 saturated carbocycles. The third-order valence-corrected chi connectivity index (χ3v) is 4.25. The molecule has 1 atom stereocenters. The van der Waals surface area contributed by atoms with E-state index >= 15 is 0 Å². The van der Waals surface area contributed by atoms with Crippen molar-refractivity contribution in [2.75, 3.05) is 6.54 Å². The van der Waals surface area contributed by atoms with Crippen LogP contribution in [-0.2, 0) is 6.54 Å². The van der Waals surface area contributed by atoms with E-state index in [1.54, 1.807) is 0 Å². The number of aryl methyl sites for hydroxylation is 3. The van der Waals surface area contributed by atoms with Gasteiger partial charge in [0, 0.05) is 18.2 Å². The zero-order valence-corrected chi connectivity index (χ0v) is 12.5. The van der Waals surface area contributed by atoms with E-state index in [0.29, 0.717) is 6.04 Å². The van der Waals surface area contributed by atoms with Gasteiger partial charge in [-0.25, -0.2) is 0 Å². The van der Waals surface area contributed by atoms with Crippen molar-refractivity contribution in [3.05, 3.63) is 52.4 Å². The maximum absolute atomic E-state index is 5.35. The summed E-state index contributed by atoms with van der Waals surface area (Å²) in [6, 6.07) is 9.25. The van der Waals surface area contributed by atoms with Gasteiger partial charge in [0.1, 0.15) is 5.76 Å². The molecule has 20 heavy (non-hydrogen) atoms. The molecule has 1 unspecified atom stereocenters. The lowest BCUT2D eigenvalue weighted by Crippen LogP contribution is -2.23. The van der Waals surface area contributed by atoms with Crippen molar-refractivity contribution >= 4 is 0 Å². The first-order valence-electron chi connectivity index (χ1n) is 7.37. The van der Waals surface area contributed by atoms with E-state index in [9.17, 15) is 0 Å². The van der Waals surface area contributed by atoms with Crippen molar-refractivity contribution in [2.24, 2.45) is 0 Å². The second-order valence-electron chi connectivity index (χ2n) is 5.86. The highest BCUT2D eigenvalue weighted by Crippen LogP contribution is 2.36. The van der Waals surface area contributed by atoms with Crippen LogP contribution in [0.3, 0.4) is 0 Å². The Morgan fingerprint density at radius 1 is 1.30 bits per heavy atom. The Morgan fingerprint density at radius 3 is 2.85 bits per heavy atom. The third-order valence-electron chi connectivity index (χ3n) is 4.25. The van der Waals surface area contributed by atoms with Gasteiger partial charge in [0.25, 0.3) is 0 Å². The molecule has 1 aromatic carbocycles. The molecule has 2 heterocycles. The van der Waals surface area contributed by atoms with Crippen LogP contribution in [0.1, 0.15) is 47.0 Å². The molecule has 0 bridgehead atoms. The lowest BCUT2D eigenvalue weighted by Gasteiger charge is -2.24. The summed E-state index contributed by atoms with van der Waals surface area (Å²) in [5.41, 5.74) is 5.07. The topological polar surface area (TPSA) is 29.3 Å². The maximum Gasteiger partial charge on any atom is 0.138 e. The van der Waals surface area contributed by atoms with Gasteiger partial charge in [-0.3, -0.25) is 4.90 Å². The van der Waals surface area contributed by atoms with Crippen LogP contribution in [0.15, 0.2) is 28.8 Å². The first-order chi connectivity index (χ1) is 9.65. The highest BCUT2D eigenvalue weighted by Gasteiger charge is 2.30. The van der Waals surface area contributed by atoms with E-state index in [4.69, 9.17) is 4.52 Å². The second-order valence-corrected chi connectivity index (χ2v) is 5.86. The maximum atomic E-state index is 5.35. The first-order valence-corrected chi connectivity index (χ1v) is 7.37. The van der Waals surface area contributed by atoms with Gasteiger partial charge in [0.05, 0.1) is 5.69 Å². The van der Waals surface area contributed by atoms with Gasteiger partial charge in [-0.2, -0.15) is 0 Å². The van der Waals surface area contributed by atoms with Gasteiger partial charge in [-0.15, -0.1) is 0 Å². The van der Waals surface area contributed by atoms with Crippen LogP contribution in [0, 0.1) is 20.8 Å². The number of nitrogens with zero attached hydrogens (tertiary/aromatic N) is 2.